The maximum Gasteiger partial charge on any atom is 1.00 e. The molecule has 0 spiro atoms. The van der Waals surface area contributed by atoms with E-state index in [4.69, 9.17) is 0 Å². The van der Waals surface area contributed by atoms with Crippen LogP contribution in [0.25, 0.3) is 0 Å². The summed E-state index contributed by atoms with van der Waals surface area (Å²) in [5.74, 6) is 0. The van der Waals surface area contributed by atoms with Crippen LogP contribution in [0, 0.1) is 0 Å². The van der Waals surface area contributed by atoms with Crippen LogP contribution < -0.4 is 29.6 Å². The van der Waals surface area contributed by atoms with Crippen molar-refractivity contribution in [2.24, 2.45) is 0 Å². The molecule has 0 saturated heterocycles. The van der Waals surface area contributed by atoms with Crippen molar-refractivity contribution in [1.29, 1.82) is 0 Å². The Hall–Kier alpha value is 0.870. The Morgan fingerprint density at radius 3 is 1.46 bits per heavy atom. The van der Waals surface area contributed by atoms with Crippen LogP contribution in [0.3, 0.4) is 0 Å². The van der Waals surface area contributed by atoms with Gasteiger partial charge in [-0.2, -0.15) is 0 Å². The number of hydrogen-bond donors (Lipinski definition) is 1. The largest absolute Gasteiger partial charge is 1.00 e. The zero-order valence-corrected chi connectivity index (χ0v) is 20.4. The number of unbranched alkanes of at least 4 members (excludes halogenated alkanes) is 11. The summed E-state index contributed by atoms with van der Waals surface area (Å²) in [6.45, 7) is 3.96. The van der Waals surface area contributed by atoms with E-state index in [0.717, 1.165) is 25.7 Å². The molecular formula is C20H41NaO4S. The van der Waals surface area contributed by atoms with Gasteiger partial charge in [0.15, 0.2) is 0 Å². The van der Waals surface area contributed by atoms with Crippen LogP contribution in [0.4, 0.5) is 0 Å². The predicted octanol–water partition coefficient (Wildman–Crippen LogP) is 2.55. The maximum atomic E-state index is 11.4. The molecule has 2 unspecified atom stereocenters. The first-order chi connectivity index (χ1) is 11.9. The van der Waals surface area contributed by atoms with Crippen LogP contribution in [0.15, 0.2) is 0 Å². The second-order valence-electron chi connectivity index (χ2n) is 7.57. The monoisotopic (exact) mass is 400 g/mol. The third kappa shape index (κ3) is 19.6. The first-order valence-electron chi connectivity index (χ1n) is 10.5. The Balaban J connectivity index is 0. The molecule has 0 aliphatic rings. The maximum absolute atomic E-state index is 11.4. The fourth-order valence-corrected chi connectivity index (χ4v) is 4.19. The van der Waals surface area contributed by atoms with Crippen molar-refractivity contribution in [3.8, 4) is 0 Å². The molecule has 0 fully saturated rings. The Labute approximate surface area is 185 Å². The van der Waals surface area contributed by atoms with E-state index in [2.05, 4.69) is 6.92 Å². The van der Waals surface area contributed by atoms with Gasteiger partial charge in [-0.1, -0.05) is 90.4 Å². The second-order valence-corrected chi connectivity index (χ2v) is 9.22. The van der Waals surface area contributed by atoms with Crippen molar-refractivity contribution in [2.75, 3.05) is 0 Å². The van der Waals surface area contributed by atoms with E-state index in [1.165, 1.54) is 51.4 Å². The quantitative estimate of drug-likeness (QED) is 0.218. The average molecular weight is 401 g/mol. The SMILES string of the molecule is CCCCCCCCCCCCCC(CCCCC(C)O)S(=O)(=O)[O-].[Na+]. The minimum atomic E-state index is -4.19. The molecule has 0 radical (unpaired) electrons. The smallest absolute Gasteiger partial charge is 0.748 e. The van der Waals surface area contributed by atoms with E-state index >= 15 is 0 Å². The van der Waals surface area contributed by atoms with Crippen molar-refractivity contribution in [3.05, 3.63) is 0 Å². The molecule has 0 aliphatic carbocycles. The first kappa shape index (κ1) is 29.1. The van der Waals surface area contributed by atoms with Gasteiger partial charge in [-0.15, -0.1) is 0 Å². The van der Waals surface area contributed by atoms with Gasteiger partial charge in [-0.3, -0.25) is 0 Å². The summed E-state index contributed by atoms with van der Waals surface area (Å²) in [5, 5.41) is 8.48. The predicted molar refractivity (Wildman–Crippen MR) is 105 cm³/mol. The molecule has 0 rings (SSSR count). The van der Waals surface area contributed by atoms with E-state index in [1.807, 2.05) is 0 Å². The van der Waals surface area contributed by atoms with E-state index in [0.29, 0.717) is 25.7 Å². The Bertz CT molecular complexity index is 385. The summed E-state index contributed by atoms with van der Waals surface area (Å²) in [7, 11) is -4.19. The van der Waals surface area contributed by atoms with Crippen LogP contribution in [0.5, 0.6) is 0 Å². The van der Waals surface area contributed by atoms with Gasteiger partial charge in [0.05, 0.1) is 16.2 Å². The summed E-state index contributed by atoms with van der Waals surface area (Å²) in [6.07, 6.45) is 16.2. The molecule has 6 heteroatoms. The molecule has 0 saturated carbocycles. The van der Waals surface area contributed by atoms with Crippen molar-refractivity contribution in [1.82, 2.24) is 0 Å². The standard InChI is InChI=1S/C20H42O4S.Na/c1-3-4-5-6-7-8-9-10-11-12-13-17-20(25(22,23)24)18-15-14-16-19(2)21;/h19-21H,3-18H2,1-2H3,(H,22,23,24);/q;+1/p-1. The normalized spacial score (nSPS) is 14.0. The number of hydrogen-bond acceptors (Lipinski definition) is 4. The van der Waals surface area contributed by atoms with Crippen LogP contribution in [-0.2, 0) is 10.1 Å². The first-order valence-corrected chi connectivity index (χ1v) is 12.0. The molecule has 0 aromatic rings. The van der Waals surface area contributed by atoms with E-state index < -0.39 is 15.4 Å². The molecular weight excluding hydrogens is 359 g/mol. The van der Waals surface area contributed by atoms with Gasteiger partial charge < -0.3 is 9.66 Å². The van der Waals surface area contributed by atoms with Gasteiger partial charge in [-0.25, -0.2) is 8.42 Å². The van der Waals surface area contributed by atoms with Crippen molar-refractivity contribution < 1.29 is 47.6 Å². The second kappa shape index (κ2) is 19.2. The minimum absolute atomic E-state index is 0. The van der Waals surface area contributed by atoms with Gasteiger partial charge in [0.25, 0.3) is 0 Å². The fraction of sp³-hybridized carbons (Fsp3) is 1.00. The van der Waals surface area contributed by atoms with Crippen molar-refractivity contribution >= 4 is 10.1 Å². The third-order valence-electron chi connectivity index (χ3n) is 4.94. The Morgan fingerprint density at radius 2 is 1.08 bits per heavy atom. The molecule has 0 bridgehead atoms. The van der Waals surface area contributed by atoms with Crippen molar-refractivity contribution in [3.63, 3.8) is 0 Å². The molecule has 0 aliphatic heterocycles. The molecule has 4 nitrogen and oxygen atoms in total. The van der Waals surface area contributed by atoms with Gasteiger partial charge in [-0.05, 0) is 26.2 Å². The summed E-state index contributed by atoms with van der Waals surface area (Å²) >= 11 is 0. The molecule has 1 N–H and O–H groups in total. The molecule has 0 amide bonds. The fourth-order valence-electron chi connectivity index (χ4n) is 3.28. The summed E-state index contributed by atoms with van der Waals surface area (Å²) in [5.41, 5.74) is 0. The number of rotatable bonds is 18. The van der Waals surface area contributed by atoms with Crippen LogP contribution >= 0.6 is 0 Å². The van der Waals surface area contributed by atoms with Crippen LogP contribution in [0.1, 0.15) is 117 Å². The van der Waals surface area contributed by atoms with E-state index in [-0.39, 0.29) is 35.7 Å². The summed E-state index contributed by atoms with van der Waals surface area (Å²) in [6, 6.07) is 0. The van der Waals surface area contributed by atoms with Gasteiger partial charge >= 0.3 is 29.6 Å². The minimum Gasteiger partial charge on any atom is -0.748 e. The topological polar surface area (TPSA) is 77.4 Å². The Morgan fingerprint density at radius 1 is 0.731 bits per heavy atom. The van der Waals surface area contributed by atoms with Crippen LogP contribution in [-0.4, -0.2) is 29.4 Å². The molecule has 2 atom stereocenters. The summed E-state index contributed by atoms with van der Waals surface area (Å²) < 4.78 is 34.1. The zero-order chi connectivity index (χ0) is 19.0. The molecule has 26 heavy (non-hydrogen) atoms. The molecule has 152 valence electrons. The molecule has 0 aromatic carbocycles. The van der Waals surface area contributed by atoms with E-state index in [1.54, 1.807) is 6.92 Å². The average Bonchev–Trinajstić information content (AvgIpc) is 2.53. The van der Waals surface area contributed by atoms with E-state index in [9.17, 15) is 18.1 Å². The Kier molecular flexibility index (Phi) is 21.5. The third-order valence-corrected chi connectivity index (χ3v) is 6.22. The van der Waals surface area contributed by atoms with Crippen LogP contribution in [0.2, 0.25) is 0 Å². The molecule has 0 heterocycles. The van der Waals surface area contributed by atoms with Gasteiger partial charge in [0.1, 0.15) is 0 Å². The number of aliphatic hydroxyl groups is 1. The van der Waals surface area contributed by atoms with Crippen molar-refractivity contribution in [2.45, 2.75) is 128 Å². The summed E-state index contributed by atoms with van der Waals surface area (Å²) in [4.78, 5) is 0. The van der Waals surface area contributed by atoms with Gasteiger partial charge in [0.2, 0.25) is 0 Å². The number of aliphatic hydroxyl groups excluding tert-OH is 1. The zero-order valence-electron chi connectivity index (χ0n) is 17.5. The van der Waals surface area contributed by atoms with Gasteiger partial charge in [0, 0.05) is 5.25 Å². The molecule has 0 aromatic heterocycles.